The second kappa shape index (κ2) is 9.54. The number of benzene rings is 6. The summed E-state index contributed by atoms with van der Waals surface area (Å²) >= 11 is 0. The summed E-state index contributed by atoms with van der Waals surface area (Å²) in [6.07, 6.45) is 0. The zero-order chi connectivity index (χ0) is 27.2. The second-order valence-electron chi connectivity index (χ2n) is 10.1. The van der Waals surface area contributed by atoms with Crippen molar-refractivity contribution in [3.05, 3.63) is 146 Å². The van der Waals surface area contributed by atoms with Crippen LogP contribution in [-0.4, -0.2) is 19.5 Å². The predicted molar refractivity (Wildman–Crippen MR) is 168 cm³/mol. The van der Waals surface area contributed by atoms with Crippen LogP contribution in [0.25, 0.3) is 72.4 Å². The summed E-state index contributed by atoms with van der Waals surface area (Å²) in [4.78, 5) is 14.9. The number of aromatic nitrogens is 4. The minimum absolute atomic E-state index is 0.644. The SMILES string of the molecule is c1ccc(-c2nc(-c3ccccc3)nc(-c3cc(-n4c5ccccc5c5ccccc54)c4ccccc4c3)n2)cc1. The molecule has 2 heterocycles. The van der Waals surface area contributed by atoms with Crippen molar-refractivity contribution in [1.82, 2.24) is 19.5 Å². The van der Waals surface area contributed by atoms with Crippen molar-refractivity contribution in [3.63, 3.8) is 0 Å². The van der Waals surface area contributed by atoms with Gasteiger partial charge in [0.25, 0.3) is 0 Å². The predicted octanol–water partition coefficient (Wildman–Crippen LogP) is 9.12. The smallest absolute Gasteiger partial charge is 0.164 e. The molecular weight excluding hydrogens is 500 g/mol. The Morgan fingerprint density at radius 1 is 0.366 bits per heavy atom. The van der Waals surface area contributed by atoms with Crippen molar-refractivity contribution in [2.24, 2.45) is 0 Å². The summed E-state index contributed by atoms with van der Waals surface area (Å²) < 4.78 is 2.37. The van der Waals surface area contributed by atoms with Crippen LogP contribution in [0.4, 0.5) is 0 Å². The first kappa shape index (κ1) is 23.3. The van der Waals surface area contributed by atoms with E-state index in [1.165, 1.54) is 27.2 Å². The van der Waals surface area contributed by atoms with Crippen LogP contribution in [0, 0.1) is 0 Å². The van der Waals surface area contributed by atoms with Gasteiger partial charge >= 0.3 is 0 Å². The fraction of sp³-hybridized carbons (Fsp3) is 0. The Kier molecular flexibility index (Phi) is 5.42. The number of nitrogens with zero attached hydrogens (tertiary/aromatic N) is 4. The normalized spacial score (nSPS) is 11.4. The molecular formula is C37H24N4. The number of rotatable bonds is 4. The van der Waals surface area contributed by atoms with Gasteiger partial charge in [-0.2, -0.15) is 0 Å². The van der Waals surface area contributed by atoms with Crippen LogP contribution in [0.15, 0.2) is 146 Å². The third-order valence-electron chi connectivity index (χ3n) is 7.62. The maximum absolute atomic E-state index is 5.02. The molecule has 4 heteroatoms. The summed E-state index contributed by atoms with van der Waals surface area (Å²) in [7, 11) is 0. The highest BCUT2D eigenvalue weighted by Gasteiger charge is 2.17. The molecule has 0 N–H and O–H groups in total. The van der Waals surface area contributed by atoms with Crippen LogP contribution in [-0.2, 0) is 0 Å². The van der Waals surface area contributed by atoms with Crippen molar-refractivity contribution in [2.75, 3.05) is 0 Å². The number of fused-ring (bicyclic) bond motifs is 4. The average Bonchev–Trinajstić information content (AvgIpc) is 3.39. The maximum Gasteiger partial charge on any atom is 0.164 e. The molecule has 0 saturated heterocycles. The number of para-hydroxylation sites is 2. The Balaban J connectivity index is 1.43. The van der Waals surface area contributed by atoms with E-state index in [0.717, 1.165) is 27.8 Å². The lowest BCUT2D eigenvalue weighted by Gasteiger charge is -2.15. The van der Waals surface area contributed by atoms with Crippen LogP contribution in [0.1, 0.15) is 0 Å². The molecule has 0 aliphatic carbocycles. The lowest BCUT2D eigenvalue weighted by molar-refractivity contribution is 1.07. The first-order chi connectivity index (χ1) is 20.3. The molecule has 8 rings (SSSR count). The van der Waals surface area contributed by atoms with Gasteiger partial charge in [-0.15, -0.1) is 0 Å². The molecule has 0 unspecified atom stereocenters. The minimum Gasteiger partial charge on any atom is -0.309 e. The highest BCUT2D eigenvalue weighted by Crippen LogP contribution is 2.37. The molecule has 6 aromatic carbocycles. The molecule has 2 aromatic heterocycles. The highest BCUT2D eigenvalue weighted by molar-refractivity contribution is 6.10. The van der Waals surface area contributed by atoms with Gasteiger partial charge in [-0.1, -0.05) is 121 Å². The molecule has 0 atom stereocenters. The fourth-order valence-corrected chi connectivity index (χ4v) is 5.72. The van der Waals surface area contributed by atoms with Crippen LogP contribution in [0.5, 0.6) is 0 Å². The van der Waals surface area contributed by atoms with Crippen molar-refractivity contribution >= 4 is 32.6 Å². The summed E-state index contributed by atoms with van der Waals surface area (Å²) in [6, 6.07) is 50.4. The van der Waals surface area contributed by atoms with Gasteiger partial charge < -0.3 is 4.57 Å². The van der Waals surface area contributed by atoms with E-state index >= 15 is 0 Å². The van der Waals surface area contributed by atoms with Gasteiger partial charge in [0.05, 0.1) is 16.7 Å². The Hall–Kier alpha value is -5.61. The van der Waals surface area contributed by atoms with Crippen molar-refractivity contribution in [3.8, 4) is 39.9 Å². The molecule has 0 spiro atoms. The van der Waals surface area contributed by atoms with Gasteiger partial charge in [-0.25, -0.2) is 15.0 Å². The highest BCUT2D eigenvalue weighted by atomic mass is 15.0. The fourth-order valence-electron chi connectivity index (χ4n) is 5.72. The van der Waals surface area contributed by atoms with E-state index < -0.39 is 0 Å². The van der Waals surface area contributed by atoms with Gasteiger partial charge in [0.15, 0.2) is 17.5 Å². The second-order valence-corrected chi connectivity index (χ2v) is 10.1. The Bertz CT molecular complexity index is 2090. The van der Waals surface area contributed by atoms with E-state index in [1.807, 2.05) is 60.7 Å². The number of hydrogen-bond acceptors (Lipinski definition) is 3. The summed E-state index contributed by atoms with van der Waals surface area (Å²) in [5.41, 5.74) is 6.28. The van der Waals surface area contributed by atoms with E-state index in [-0.39, 0.29) is 0 Å². The Morgan fingerprint density at radius 2 is 0.805 bits per heavy atom. The zero-order valence-corrected chi connectivity index (χ0v) is 22.1. The summed E-state index contributed by atoms with van der Waals surface area (Å²) in [5, 5.41) is 4.76. The minimum atomic E-state index is 0.644. The van der Waals surface area contributed by atoms with Gasteiger partial charge in [0, 0.05) is 32.8 Å². The van der Waals surface area contributed by atoms with E-state index in [4.69, 9.17) is 15.0 Å². The first-order valence-electron chi connectivity index (χ1n) is 13.7. The maximum atomic E-state index is 5.02. The van der Waals surface area contributed by atoms with Crippen molar-refractivity contribution in [2.45, 2.75) is 0 Å². The van der Waals surface area contributed by atoms with Crippen LogP contribution in [0.3, 0.4) is 0 Å². The Labute approximate surface area is 237 Å². The van der Waals surface area contributed by atoms with Gasteiger partial charge in [-0.3, -0.25) is 0 Å². The van der Waals surface area contributed by atoms with E-state index in [2.05, 4.69) is 89.5 Å². The topological polar surface area (TPSA) is 43.6 Å². The lowest BCUT2D eigenvalue weighted by atomic mass is 10.0. The van der Waals surface area contributed by atoms with Gasteiger partial charge in [0.2, 0.25) is 0 Å². The molecule has 41 heavy (non-hydrogen) atoms. The van der Waals surface area contributed by atoms with Crippen LogP contribution >= 0.6 is 0 Å². The van der Waals surface area contributed by atoms with Gasteiger partial charge in [-0.05, 0) is 29.7 Å². The first-order valence-corrected chi connectivity index (χ1v) is 13.7. The van der Waals surface area contributed by atoms with E-state index in [1.54, 1.807) is 0 Å². The molecule has 192 valence electrons. The monoisotopic (exact) mass is 524 g/mol. The van der Waals surface area contributed by atoms with E-state index in [9.17, 15) is 0 Å². The Morgan fingerprint density at radius 3 is 1.37 bits per heavy atom. The molecule has 0 fully saturated rings. The van der Waals surface area contributed by atoms with Crippen LogP contribution in [0.2, 0.25) is 0 Å². The molecule has 0 aliphatic rings. The lowest BCUT2D eigenvalue weighted by Crippen LogP contribution is -2.01. The standard InChI is InChI=1S/C37H24N4/c1-3-13-25(14-4-1)35-38-36(26-15-5-2-6-16-26)40-37(39-35)28-23-27-17-7-8-18-29(27)34(24-28)41-32-21-11-9-19-30(32)31-20-10-12-22-33(31)41/h1-24H. The molecule has 0 saturated carbocycles. The average molecular weight is 525 g/mol. The molecule has 4 nitrogen and oxygen atoms in total. The van der Waals surface area contributed by atoms with Crippen LogP contribution < -0.4 is 0 Å². The molecule has 0 amide bonds. The quantitative estimate of drug-likeness (QED) is 0.231. The third-order valence-corrected chi connectivity index (χ3v) is 7.62. The molecule has 0 bridgehead atoms. The third kappa shape index (κ3) is 3.97. The summed E-state index contributed by atoms with van der Waals surface area (Å²) in [6.45, 7) is 0. The zero-order valence-electron chi connectivity index (χ0n) is 22.1. The number of hydrogen-bond donors (Lipinski definition) is 0. The molecule has 0 aliphatic heterocycles. The van der Waals surface area contributed by atoms with Crippen molar-refractivity contribution < 1.29 is 0 Å². The summed E-state index contributed by atoms with van der Waals surface area (Å²) in [5.74, 6) is 1.95. The molecule has 8 aromatic rings. The van der Waals surface area contributed by atoms with E-state index in [0.29, 0.717) is 17.5 Å². The largest absolute Gasteiger partial charge is 0.309 e. The van der Waals surface area contributed by atoms with Crippen molar-refractivity contribution in [1.29, 1.82) is 0 Å². The van der Waals surface area contributed by atoms with Gasteiger partial charge in [0.1, 0.15) is 0 Å². The molecule has 0 radical (unpaired) electrons.